The standard InChI is InChI=1S/C10H16F2N2S.C7H15N.C6H8N2.CH4O/c1-3-14-5-4-9(8(6-14)13-2)15-7-10(11)12;1-8-7-5-3-2-4-6-7;1-2-3-6-7-4-5-8-6;1-2/h10H,2-7H2,1H3;7-8H,2-6H2,1H3;2,4-5H,1,3H2,(H,7,8);2H,1H3. The van der Waals surface area contributed by atoms with Crippen LogP contribution in [-0.2, 0) is 6.42 Å². The fourth-order valence-corrected chi connectivity index (χ4v) is 4.31. The Bertz CT molecular complexity index is 635. The SMILES string of the molecule is C=CCc1ncc[nH]1.C=NC1=C(SCC(F)F)CCN(CC)C1.CNC1CCCCC1.CO. The van der Waals surface area contributed by atoms with E-state index in [1.807, 2.05) is 6.08 Å². The number of thioether (sulfide) groups is 1. The van der Waals surface area contributed by atoms with Crippen molar-refractivity contribution < 1.29 is 13.9 Å². The third-order valence-electron chi connectivity index (χ3n) is 5.28. The van der Waals surface area contributed by atoms with Crippen molar-refractivity contribution in [3.05, 3.63) is 41.5 Å². The minimum Gasteiger partial charge on any atom is -0.400 e. The number of nitrogens with one attached hydrogen (secondary N) is 2. The van der Waals surface area contributed by atoms with Gasteiger partial charge in [-0.3, -0.25) is 9.89 Å². The molecule has 0 unspecified atom stereocenters. The molecule has 0 saturated heterocycles. The molecule has 0 spiro atoms. The molecule has 0 aromatic carbocycles. The van der Waals surface area contributed by atoms with Crippen LogP contribution in [0, 0.1) is 0 Å². The van der Waals surface area contributed by atoms with Crippen LogP contribution in [0.4, 0.5) is 8.78 Å². The van der Waals surface area contributed by atoms with Gasteiger partial charge in [-0.1, -0.05) is 32.3 Å². The summed E-state index contributed by atoms with van der Waals surface area (Å²) in [6, 6.07) is 0.837. The molecule has 1 aromatic heterocycles. The summed E-state index contributed by atoms with van der Waals surface area (Å²) in [5, 5.41) is 10.3. The number of halogens is 2. The highest BCUT2D eigenvalue weighted by molar-refractivity contribution is 8.03. The molecule has 0 bridgehead atoms. The molecule has 1 aliphatic heterocycles. The van der Waals surface area contributed by atoms with Crippen molar-refractivity contribution in [2.24, 2.45) is 4.99 Å². The second kappa shape index (κ2) is 21.0. The number of nitrogens with zero attached hydrogens (tertiary/aromatic N) is 3. The lowest BCUT2D eigenvalue weighted by molar-refractivity contribution is 0.177. The zero-order valence-electron chi connectivity index (χ0n) is 20.5. The Morgan fingerprint density at radius 3 is 2.52 bits per heavy atom. The lowest BCUT2D eigenvalue weighted by atomic mass is 9.96. The number of aliphatic imine (C=N–C) groups is 1. The molecule has 2 heterocycles. The Labute approximate surface area is 203 Å². The largest absolute Gasteiger partial charge is 0.400 e. The van der Waals surface area contributed by atoms with Crippen molar-refractivity contribution in [1.29, 1.82) is 0 Å². The highest BCUT2D eigenvalue weighted by Crippen LogP contribution is 2.29. The first-order chi connectivity index (χ1) is 16.0. The van der Waals surface area contributed by atoms with Crippen LogP contribution in [0.1, 0.15) is 51.3 Å². The van der Waals surface area contributed by atoms with Crippen molar-refractivity contribution in [1.82, 2.24) is 20.2 Å². The van der Waals surface area contributed by atoms with Crippen LogP contribution in [-0.4, -0.2) is 78.7 Å². The maximum atomic E-state index is 12.1. The van der Waals surface area contributed by atoms with Gasteiger partial charge in [-0.2, -0.15) is 0 Å². The van der Waals surface area contributed by atoms with E-state index >= 15 is 0 Å². The minimum absolute atomic E-state index is 0.138. The highest BCUT2D eigenvalue weighted by atomic mass is 32.2. The van der Waals surface area contributed by atoms with E-state index in [9.17, 15) is 8.78 Å². The van der Waals surface area contributed by atoms with E-state index < -0.39 is 6.43 Å². The van der Waals surface area contributed by atoms with E-state index in [0.29, 0.717) is 0 Å². The van der Waals surface area contributed by atoms with Gasteiger partial charge in [0.25, 0.3) is 0 Å². The van der Waals surface area contributed by atoms with Crippen LogP contribution < -0.4 is 5.32 Å². The van der Waals surface area contributed by atoms with E-state index in [2.05, 4.69) is 52.4 Å². The second-order valence-corrected chi connectivity index (χ2v) is 8.62. The number of imidazole rings is 1. The fraction of sp³-hybridized carbons (Fsp3) is 0.667. The fourth-order valence-electron chi connectivity index (χ4n) is 3.45. The normalized spacial score (nSPS) is 16.6. The maximum absolute atomic E-state index is 12.1. The molecule has 3 N–H and O–H groups in total. The first-order valence-electron chi connectivity index (χ1n) is 11.6. The molecule has 3 rings (SSSR count). The summed E-state index contributed by atoms with van der Waals surface area (Å²) in [5.41, 5.74) is 0.869. The minimum atomic E-state index is -2.25. The zero-order chi connectivity index (χ0) is 24.9. The van der Waals surface area contributed by atoms with Gasteiger partial charge >= 0.3 is 0 Å². The van der Waals surface area contributed by atoms with Gasteiger partial charge < -0.3 is 15.4 Å². The molecule has 0 amide bonds. The molecule has 0 atom stereocenters. The Morgan fingerprint density at radius 1 is 1.36 bits per heavy atom. The van der Waals surface area contributed by atoms with Crippen molar-refractivity contribution in [2.45, 2.75) is 64.3 Å². The molecule has 6 nitrogen and oxygen atoms in total. The molecule has 190 valence electrons. The number of H-pyrrole nitrogens is 1. The Balaban J connectivity index is 0.000000482. The summed E-state index contributed by atoms with van der Waals surface area (Å²) in [5.74, 6) is 0.834. The first kappa shape index (κ1) is 31.4. The number of hydrogen-bond acceptors (Lipinski definition) is 6. The molecule has 1 aliphatic carbocycles. The quantitative estimate of drug-likeness (QED) is 0.359. The number of hydrogen-bond donors (Lipinski definition) is 3. The molecule has 33 heavy (non-hydrogen) atoms. The molecular weight excluding hydrogens is 444 g/mol. The third kappa shape index (κ3) is 15.1. The van der Waals surface area contributed by atoms with Gasteiger partial charge in [0.05, 0.1) is 11.4 Å². The summed E-state index contributed by atoms with van der Waals surface area (Å²) in [7, 11) is 3.07. The van der Waals surface area contributed by atoms with Crippen molar-refractivity contribution in [3.63, 3.8) is 0 Å². The second-order valence-electron chi connectivity index (χ2n) is 7.50. The molecule has 1 fully saturated rings. The molecule has 9 heteroatoms. The van der Waals surface area contributed by atoms with Crippen molar-refractivity contribution in [3.8, 4) is 0 Å². The predicted octanol–water partition coefficient (Wildman–Crippen LogP) is 4.91. The number of likely N-dealkylation sites (N-methyl/N-ethyl adjacent to an activating group) is 1. The van der Waals surface area contributed by atoms with Gasteiger partial charge in [-0.05, 0) is 39.6 Å². The summed E-state index contributed by atoms with van der Waals surface area (Å²) in [4.78, 5) is 14.1. The van der Waals surface area contributed by atoms with E-state index in [4.69, 9.17) is 5.11 Å². The van der Waals surface area contributed by atoms with E-state index in [0.717, 1.165) is 62.1 Å². The summed E-state index contributed by atoms with van der Waals surface area (Å²) >= 11 is 1.22. The van der Waals surface area contributed by atoms with Crippen LogP contribution in [0.25, 0.3) is 0 Å². The van der Waals surface area contributed by atoms with Crippen LogP contribution in [0.5, 0.6) is 0 Å². The number of aliphatic hydroxyl groups excluding tert-OH is 1. The average Bonchev–Trinajstić information content (AvgIpc) is 3.38. The topological polar surface area (TPSA) is 76.5 Å². The first-order valence-corrected chi connectivity index (χ1v) is 12.6. The number of aromatic amines is 1. The number of aromatic nitrogens is 2. The molecule has 0 radical (unpaired) electrons. The lowest BCUT2D eigenvalue weighted by Gasteiger charge is -2.27. The van der Waals surface area contributed by atoms with Gasteiger partial charge in [-0.15, -0.1) is 18.3 Å². The van der Waals surface area contributed by atoms with Crippen LogP contribution in [0.2, 0.25) is 0 Å². The van der Waals surface area contributed by atoms with Crippen molar-refractivity contribution in [2.75, 3.05) is 39.5 Å². The zero-order valence-corrected chi connectivity index (χ0v) is 21.3. The van der Waals surface area contributed by atoms with Crippen molar-refractivity contribution >= 4 is 18.5 Å². The van der Waals surface area contributed by atoms with Gasteiger partial charge in [0, 0.05) is 50.0 Å². The smallest absolute Gasteiger partial charge is 0.247 e. The Hall–Kier alpha value is -1.55. The molecule has 1 saturated carbocycles. The van der Waals surface area contributed by atoms with Gasteiger partial charge in [-0.25, -0.2) is 13.8 Å². The van der Waals surface area contributed by atoms with Crippen LogP contribution in [0.3, 0.4) is 0 Å². The van der Waals surface area contributed by atoms with Gasteiger partial charge in [0.2, 0.25) is 6.43 Å². The number of alkyl halides is 2. The Morgan fingerprint density at radius 2 is 2.06 bits per heavy atom. The van der Waals surface area contributed by atoms with E-state index in [1.54, 1.807) is 12.4 Å². The molecular formula is C24H43F2N5OS. The summed E-state index contributed by atoms with van der Waals surface area (Å²) < 4.78 is 24.1. The number of allylic oxidation sites excluding steroid dienone is 1. The monoisotopic (exact) mass is 487 g/mol. The van der Waals surface area contributed by atoms with Gasteiger partial charge in [0.15, 0.2) is 0 Å². The third-order valence-corrected chi connectivity index (χ3v) is 6.48. The highest BCUT2D eigenvalue weighted by Gasteiger charge is 2.18. The maximum Gasteiger partial charge on any atom is 0.247 e. The molecule has 2 aliphatic rings. The average molecular weight is 488 g/mol. The Kier molecular flexibility index (Phi) is 20.0. The lowest BCUT2D eigenvalue weighted by Crippen LogP contribution is -2.30. The van der Waals surface area contributed by atoms with Gasteiger partial charge in [0.1, 0.15) is 5.82 Å². The van der Waals surface area contributed by atoms with Crippen LogP contribution >= 0.6 is 11.8 Å². The summed E-state index contributed by atoms with van der Waals surface area (Å²) in [6.45, 7) is 11.8. The summed E-state index contributed by atoms with van der Waals surface area (Å²) in [6.07, 6.45) is 11.9. The molecule has 1 aromatic rings. The predicted molar refractivity (Wildman–Crippen MR) is 138 cm³/mol. The van der Waals surface area contributed by atoms with E-state index in [-0.39, 0.29) is 5.75 Å². The number of rotatable bonds is 8. The van der Waals surface area contributed by atoms with E-state index in [1.165, 1.54) is 43.9 Å². The van der Waals surface area contributed by atoms with Crippen LogP contribution in [0.15, 0.2) is 40.6 Å². The number of aliphatic hydroxyl groups is 1.